The number of rotatable bonds is 5. The number of carboxylic acids is 1. The highest BCUT2D eigenvalue weighted by Gasteiger charge is 2.33. The second kappa shape index (κ2) is 5.85. The van der Waals surface area contributed by atoms with E-state index in [0.717, 1.165) is 25.0 Å². The van der Waals surface area contributed by atoms with E-state index in [1.54, 1.807) is 0 Å². The Labute approximate surface area is 114 Å². The highest BCUT2D eigenvalue weighted by molar-refractivity contribution is 5.80. The summed E-state index contributed by atoms with van der Waals surface area (Å²) in [5.41, 5.74) is 0.406. The van der Waals surface area contributed by atoms with Gasteiger partial charge < -0.3 is 15.3 Å². The van der Waals surface area contributed by atoms with Crippen molar-refractivity contribution in [2.75, 3.05) is 6.54 Å². The first-order chi connectivity index (χ1) is 9.47. The lowest BCUT2D eigenvalue weighted by molar-refractivity contribution is -0.137. The zero-order chi connectivity index (χ0) is 14.7. The minimum atomic E-state index is -1.08. The topological polar surface area (TPSA) is 69.6 Å². The molecule has 1 aromatic rings. The average Bonchev–Trinajstić information content (AvgIpc) is 3.21. The van der Waals surface area contributed by atoms with Crippen LogP contribution in [0.25, 0.3) is 0 Å². The van der Waals surface area contributed by atoms with E-state index in [9.17, 15) is 18.4 Å². The van der Waals surface area contributed by atoms with Crippen LogP contribution >= 0.6 is 0 Å². The summed E-state index contributed by atoms with van der Waals surface area (Å²) in [6.07, 6.45) is 1.57. The van der Waals surface area contributed by atoms with Crippen LogP contribution in [-0.2, 0) is 11.3 Å². The molecule has 20 heavy (non-hydrogen) atoms. The van der Waals surface area contributed by atoms with Crippen LogP contribution in [0.3, 0.4) is 0 Å². The van der Waals surface area contributed by atoms with Crippen LogP contribution < -0.4 is 5.32 Å². The molecule has 0 spiro atoms. The maximum Gasteiger partial charge on any atom is 0.323 e. The maximum atomic E-state index is 13.0. The summed E-state index contributed by atoms with van der Waals surface area (Å²) < 4.78 is 25.7. The van der Waals surface area contributed by atoms with E-state index in [4.69, 9.17) is 5.11 Å². The molecule has 0 aromatic heterocycles. The second-order valence-electron chi connectivity index (χ2n) is 4.66. The summed E-state index contributed by atoms with van der Waals surface area (Å²) in [6.45, 7) is -0.354. The molecule has 108 valence electrons. The van der Waals surface area contributed by atoms with Crippen molar-refractivity contribution in [3.63, 3.8) is 0 Å². The van der Waals surface area contributed by atoms with Gasteiger partial charge in [-0.15, -0.1) is 0 Å². The quantitative estimate of drug-likeness (QED) is 0.865. The molecule has 5 nitrogen and oxygen atoms in total. The van der Waals surface area contributed by atoms with Gasteiger partial charge in [-0.25, -0.2) is 13.6 Å². The number of benzene rings is 1. The lowest BCUT2D eigenvalue weighted by Crippen LogP contribution is -2.43. The largest absolute Gasteiger partial charge is 0.480 e. The van der Waals surface area contributed by atoms with E-state index >= 15 is 0 Å². The number of hydrogen-bond acceptors (Lipinski definition) is 2. The van der Waals surface area contributed by atoms with Crippen molar-refractivity contribution in [3.8, 4) is 0 Å². The molecule has 0 saturated heterocycles. The summed E-state index contributed by atoms with van der Waals surface area (Å²) >= 11 is 0. The van der Waals surface area contributed by atoms with E-state index in [2.05, 4.69) is 5.32 Å². The zero-order valence-corrected chi connectivity index (χ0v) is 10.6. The fourth-order valence-corrected chi connectivity index (χ4v) is 1.83. The number of nitrogens with one attached hydrogen (secondary N) is 1. The molecular formula is C13H14F2N2O3. The van der Waals surface area contributed by atoms with Crippen molar-refractivity contribution in [1.29, 1.82) is 0 Å². The third kappa shape index (κ3) is 3.66. The molecule has 0 aliphatic heterocycles. The predicted octanol–water partition coefficient (Wildman–Crippen LogP) is 1.72. The molecule has 0 unspecified atom stereocenters. The first-order valence-electron chi connectivity index (χ1n) is 6.17. The molecule has 2 amide bonds. The fraction of sp³-hybridized carbons (Fsp3) is 0.385. The molecule has 1 aliphatic rings. The number of carbonyl (C=O) groups excluding carboxylic acids is 1. The molecule has 1 fully saturated rings. The van der Waals surface area contributed by atoms with Crippen LogP contribution in [0, 0.1) is 11.6 Å². The molecule has 1 saturated carbocycles. The van der Waals surface area contributed by atoms with Crippen molar-refractivity contribution in [3.05, 3.63) is 35.4 Å². The van der Waals surface area contributed by atoms with Crippen LogP contribution in [0.15, 0.2) is 18.2 Å². The van der Waals surface area contributed by atoms with Crippen LogP contribution in [0.1, 0.15) is 18.4 Å². The summed E-state index contributed by atoms with van der Waals surface area (Å²) in [5.74, 6) is -3.02. The van der Waals surface area contributed by atoms with Gasteiger partial charge in [0.25, 0.3) is 0 Å². The molecular weight excluding hydrogens is 270 g/mol. The summed E-state index contributed by atoms with van der Waals surface area (Å²) in [7, 11) is 0. The van der Waals surface area contributed by atoms with Gasteiger partial charge in [0.2, 0.25) is 0 Å². The molecule has 2 N–H and O–H groups in total. The number of amides is 2. The highest BCUT2D eigenvalue weighted by atomic mass is 19.2. The van der Waals surface area contributed by atoms with Gasteiger partial charge in [0.15, 0.2) is 11.6 Å². The van der Waals surface area contributed by atoms with Gasteiger partial charge in [-0.2, -0.15) is 0 Å². The lowest BCUT2D eigenvalue weighted by Gasteiger charge is -2.20. The minimum absolute atomic E-state index is 0.0128. The number of carboxylic acid groups (broad SMARTS) is 1. The Kier molecular flexibility index (Phi) is 4.16. The molecule has 0 heterocycles. The number of urea groups is 1. The van der Waals surface area contributed by atoms with Gasteiger partial charge in [0.05, 0.1) is 0 Å². The molecule has 7 heteroatoms. The number of aliphatic carboxylic acids is 1. The van der Waals surface area contributed by atoms with Crippen molar-refractivity contribution in [1.82, 2.24) is 10.2 Å². The zero-order valence-electron chi connectivity index (χ0n) is 10.6. The van der Waals surface area contributed by atoms with E-state index in [-0.39, 0.29) is 19.1 Å². The molecule has 0 atom stereocenters. The van der Waals surface area contributed by atoms with E-state index < -0.39 is 23.6 Å². The number of hydrogen-bond donors (Lipinski definition) is 2. The van der Waals surface area contributed by atoms with Crippen LogP contribution in [-0.4, -0.2) is 34.6 Å². The van der Waals surface area contributed by atoms with Gasteiger partial charge in [-0.3, -0.25) is 4.79 Å². The Morgan fingerprint density at radius 1 is 1.30 bits per heavy atom. The van der Waals surface area contributed by atoms with Gasteiger partial charge in [0.1, 0.15) is 6.54 Å². The summed E-state index contributed by atoms with van der Waals surface area (Å²) in [6, 6.07) is 2.77. The van der Waals surface area contributed by atoms with Crippen molar-refractivity contribution in [2.24, 2.45) is 0 Å². The van der Waals surface area contributed by atoms with Crippen molar-refractivity contribution >= 4 is 12.0 Å². The third-order valence-electron chi connectivity index (χ3n) is 2.98. The Morgan fingerprint density at radius 2 is 2.00 bits per heavy atom. The Morgan fingerprint density at radius 3 is 2.55 bits per heavy atom. The highest BCUT2D eigenvalue weighted by Crippen LogP contribution is 2.26. The Hall–Kier alpha value is -2.18. The smallest absolute Gasteiger partial charge is 0.323 e. The third-order valence-corrected chi connectivity index (χ3v) is 2.98. The van der Waals surface area contributed by atoms with E-state index in [1.165, 1.54) is 11.0 Å². The number of nitrogens with zero attached hydrogens (tertiary/aromatic N) is 1. The first-order valence-corrected chi connectivity index (χ1v) is 6.17. The Bertz CT molecular complexity index is 532. The standard InChI is InChI=1S/C13H14F2N2O3/c14-10-4-1-8(5-11(10)15)6-16-13(20)17(7-12(18)19)9-2-3-9/h1,4-5,9H,2-3,6-7H2,(H,16,20)(H,18,19). The molecule has 1 aliphatic carbocycles. The predicted molar refractivity (Wildman–Crippen MR) is 66.0 cm³/mol. The van der Waals surface area contributed by atoms with Gasteiger partial charge >= 0.3 is 12.0 Å². The maximum absolute atomic E-state index is 13.0. The molecule has 1 aromatic carbocycles. The van der Waals surface area contributed by atoms with Crippen LogP contribution in [0.5, 0.6) is 0 Å². The second-order valence-corrected chi connectivity index (χ2v) is 4.66. The number of halogens is 2. The number of carbonyl (C=O) groups is 2. The van der Waals surface area contributed by atoms with Crippen LogP contribution in [0.2, 0.25) is 0 Å². The Balaban J connectivity index is 1.92. The first kappa shape index (κ1) is 14.2. The summed E-state index contributed by atoms with van der Waals surface area (Å²) in [4.78, 5) is 23.8. The minimum Gasteiger partial charge on any atom is -0.480 e. The van der Waals surface area contributed by atoms with E-state index in [0.29, 0.717) is 5.56 Å². The van der Waals surface area contributed by atoms with E-state index in [1.807, 2.05) is 0 Å². The molecule has 0 radical (unpaired) electrons. The van der Waals surface area contributed by atoms with Crippen molar-refractivity contribution < 1.29 is 23.5 Å². The summed E-state index contributed by atoms with van der Waals surface area (Å²) in [5, 5.41) is 11.3. The van der Waals surface area contributed by atoms with Crippen molar-refractivity contribution in [2.45, 2.75) is 25.4 Å². The fourth-order valence-electron chi connectivity index (χ4n) is 1.83. The lowest BCUT2D eigenvalue weighted by atomic mass is 10.2. The van der Waals surface area contributed by atoms with Gasteiger partial charge in [-0.05, 0) is 30.5 Å². The monoisotopic (exact) mass is 284 g/mol. The van der Waals surface area contributed by atoms with Gasteiger partial charge in [0, 0.05) is 12.6 Å². The van der Waals surface area contributed by atoms with Gasteiger partial charge in [-0.1, -0.05) is 6.07 Å². The molecule has 2 rings (SSSR count). The molecule has 0 bridgehead atoms. The average molecular weight is 284 g/mol. The SMILES string of the molecule is O=C(O)CN(C(=O)NCc1ccc(F)c(F)c1)C1CC1. The van der Waals surface area contributed by atoms with Crippen LogP contribution in [0.4, 0.5) is 13.6 Å². The normalized spacial score (nSPS) is 13.9.